The number of amides is 1. The zero-order valence-electron chi connectivity index (χ0n) is 13.1. The number of halogens is 2. The predicted molar refractivity (Wildman–Crippen MR) is 91.0 cm³/mol. The number of benzene rings is 1. The number of rotatable bonds is 5. The van der Waals surface area contributed by atoms with Crippen LogP contribution in [0.1, 0.15) is 32.8 Å². The lowest BCUT2D eigenvalue weighted by molar-refractivity contribution is -0.385. The molecule has 126 valence electrons. The van der Waals surface area contributed by atoms with Gasteiger partial charge in [-0.05, 0) is 33.3 Å². The third-order valence-electron chi connectivity index (χ3n) is 2.54. The van der Waals surface area contributed by atoms with E-state index in [9.17, 15) is 14.9 Å². The van der Waals surface area contributed by atoms with Gasteiger partial charge in [0.2, 0.25) is 0 Å². The van der Waals surface area contributed by atoms with Crippen molar-refractivity contribution in [1.29, 1.82) is 0 Å². The first kappa shape index (κ1) is 19.3. The molecule has 0 unspecified atom stereocenters. The SMILES string of the molecule is CC(C)(C)OC(=O)NCCC=Cc1cc(Cl)c(Cl)cc1[N+](=O)[O-]. The quantitative estimate of drug-likeness (QED) is 0.463. The van der Waals surface area contributed by atoms with Gasteiger partial charge in [-0.15, -0.1) is 0 Å². The van der Waals surface area contributed by atoms with Crippen molar-refractivity contribution in [3.05, 3.63) is 43.9 Å². The topological polar surface area (TPSA) is 81.5 Å². The van der Waals surface area contributed by atoms with Gasteiger partial charge in [0.05, 0.1) is 20.5 Å². The van der Waals surface area contributed by atoms with Gasteiger partial charge in [-0.1, -0.05) is 35.4 Å². The Morgan fingerprint density at radius 1 is 1.35 bits per heavy atom. The number of nitro groups is 1. The summed E-state index contributed by atoms with van der Waals surface area (Å²) in [6.07, 6.45) is 3.24. The second-order valence-electron chi connectivity index (χ2n) is 5.70. The number of hydrogen-bond donors (Lipinski definition) is 1. The van der Waals surface area contributed by atoms with Crippen molar-refractivity contribution >= 4 is 41.1 Å². The maximum Gasteiger partial charge on any atom is 0.407 e. The number of carbonyl (C=O) groups is 1. The van der Waals surface area contributed by atoms with E-state index in [1.165, 1.54) is 12.1 Å². The lowest BCUT2D eigenvalue weighted by Crippen LogP contribution is -2.32. The van der Waals surface area contributed by atoms with Crippen LogP contribution >= 0.6 is 23.2 Å². The minimum Gasteiger partial charge on any atom is -0.444 e. The molecule has 8 heteroatoms. The minimum absolute atomic E-state index is 0.127. The molecule has 23 heavy (non-hydrogen) atoms. The minimum atomic E-state index is -0.555. The van der Waals surface area contributed by atoms with Crippen LogP contribution in [-0.4, -0.2) is 23.2 Å². The number of nitrogens with one attached hydrogen (secondary N) is 1. The smallest absolute Gasteiger partial charge is 0.407 e. The summed E-state index contributed by atoms with van der Waals surface area (Å²) in [5, 5.41) is 13.9. The maximum absolute atomic E-state index is 11.4. The van der Waals surface area contributed by atoms with Crippen LogP contribution in [0, 0.1) is 10.1 Å². The van der Waals surface area contributed by atoms with E-state index in [0.717, 1.165) is 0 Å². The molecule has 1 N–H and O–H groups in total. The Hall–Kier alpha value is -1.79. The van der Waals surface area contributed by atoms with Gasteiger partial charge in [-0.3, -0.25) is 10.1 Å². The molecular formula is C15H18Cl2N2O4. The Balaban J connectivity index is 2.60. The first-order valence-electron chi connectivity index (χ1n) is 6.87. The van der Waals surface area contributed by atoms with Crippen molar-refractivity contribution in [2.45, 2.75) is 32.8 Å². The summed E-state index contributed by atoms with van der Waals surface area (Å²) in [6, 6.07) is 2.64. The van der Waals surface area contributed by atoms with Crippen molar-refractivity contribution in [2.75, 3.05) is 6.54 Å². The van der Waals surface area contributed by atoms with Gasteiger partial charge >= 0.3 is 6.09 Å². The fourth-order valence-electron chi connectivity index (χ4n) is 1.63. The first-order valence-corrected chi connectivity index (χ1v) is 7.62. The highest BCUT2D eigenvalue weighted by Gasteiger charge is 2.16. The number of hydrogen-bond acceptors (Lipinski definition) is 4. The second kappa shape index (κ2) is 8.17. The van der Waals surface area contributed by atoms with Crippen LogP contribution in [0.4, 0.5) is 10.5 Å². The summed E-state index contributed by atoms with van der Waals surface area (Å²) < 4.78 is 5.09. The van der Waals surface area contributed by atoms with E-state index in [-0.39, 0.29) is 15.7 Å². The number of carbonyl (C=O) groups excluding carboxylic acids is 1. The molecule has 0 aliphatic carbocycles. The summed E-state index contributed by atoms with van der Waals surface area (Å²) >= 11 is 11.7. The highest BCUT2D eigenvalue weighted by molar-refractivity contribution is 6.42. The number of nitrogens with zero attached hydrogens (tertiary/aromatic N) is 1. The van der Waals surface area contributed by atoms with Crippen LogP contribution in [0.15, 0.2) is 18.2 Å². The molecule has 0 aliphatic rings. The number of alkyl carbamates (subject to hydrolysis) is 1. The van der Waals surface area contributed by atoms with Gasteiger partial charge in [0.1, 0.15) is 5.60 Å². The molecule has 0 bridgehead atoms. The van der Waals surface area contributed by atoms with Crippen LogP contribution in [0.3, 0.4) is 0 Å². The molecule has 1 amide bonds. The van der Waals surface area contributed by atoms with Crippen LogP contribution in [0.25, 0.3) is 6.08 Å². The van der Waals surface area contributed by atoms with Crippen LogP contribution in [0.5, 0.6) is 0 Å². The third kappa shape index (κ3) is 6.88. The van der Waals surface area contributed by atoms with E-state index in [1.807, 2.05) is 0 Å². The molecular weight excluding hydrogens is 343 g/mol. The average molecular weight is 361 g/mol. The summed E-state index contributed by atoms with van der Waals surface area (Å²) in [7, 11) is 0. The summed E-state index contributed by atoms with van der Waals surface area (Å²) in [5.41, 5.74) is -0.335. The monoisotopic (exact) mass is 360 g/mol. The van der Waals surface area contributed by atoms with Crippen LogP contribution in [-0.2, 0) is 4.74 Å². The lowest BCUT2D eigenvalue weighted by Gasteiger charge is -2.19. The Bertz CT molecular complexity index is 625. The average Bonchev–Trinajstić information content (AvgIpc) is 2.39. The fourth-order valence-corrected chi connectivity index (χ4v) is 1.96. The molecule has 0 atom stereocenters. The normalized spacial score (nSPS) is 11.5. The molecule has 0 spiro atoms. The van der Waals surface area contributed by atoms with Crippen molar-refractivity contribution in [3.63, 3.8) is 0 Å². The van der Waals surface area contributed by atoms with Crippen molar-refractivity contribution in [3.8, 4) is 0 Å². The Labute approximate surface area is 144 Å². The molecule has 1 aromatic carbocycles. The molecule has 0 saturated heterocycles. The number of nitro benzene ring substituents is 1. The molecule has 1 rings (SSSR count). The van der Waals surface area contributed by atoms with Gasteiger partial charge in [-0.2, -0.15) is 0 Å². The standard InChI is InChI=1S/C15H18Cl2N2O4/c1-15(2,3)23-14(20)18-7-5-4-6-10-8-11(16)12(17)9-13(10)19(21)22/h4,6,8-9H,5,7H2,1-3H3,(H,18,20). The fraction of sp³-hybridized carbons (Fsp3) is 0.400. The zero-order valence-corrected chi connectivity index (χ0v) is 14.6. The molecule has 0 radical (unpaired) electrons. The number of ether oxygens (including phenoxy) is 1. The van der Waals surface area contributed by atoms with E-state index in [1.54, 1.807) is 32.9 Å². The second-order valence-corrected chi connectivity index (χ2v) is 6.52. The van der Waals surface area contributed by atoms with E-state index < -0.39 is 16.6 Å². The van der Waals surface area contributed by atoms with Crippen molar-refractivity contribution in [1.82, 2.24) is 5.32 Å². The van der Waals surface area contributed by atoms with Gasteiger partial charge in [-0.25, -0.2) is 4.79 Å². The van der Waals surface area contributed by atoms with Crippen molar-refractivity contribution in [2.24, 2.45) is 0 Å². The van der Waals surface area contributed by atoms with Crippen LogP contribution in [0.2, 0.25) is 10.0 Å². The predicted octanol–water partition coefficient (Wildman–Crippen LogP) is 4.83. The summed E-state index contributed by atoms with van der Waals surface area (Å²) in [5.74, 6) is 0. The molecule has 1 aromatic rings. The largest absolute Gasteiger partial charge is 0.444 e. The van der Waals surface area contributed by atoms with E-state index >= 15 is 0 Å². The summed E-state index contributed by atoms with van der Waals surface area (Å²) in [4.78, 5) is 21.9. The summed E-state index contributed by atoms with van der Waals surface area (Å²) in [6.45, 7) is 5.67. The Morgan fingerprint density at radius 2 is 1.96 bits per heavy atom. The van der Waals surface area contributed by atoms with E-state index in [0.29, 0.717) is 18.5 Å². The van der Waals surface area contributed by atoms with Gasteiger partial charge < -0.3 is 10.1 Å². The first-order chi connectivity index (χ1) is 10.6. The van der Waals surface area contributed by atoms with E-state index in [4.69, 9.17) is 27.9 Å². The zero-order chi connectivity index (χ0) is 17.6. The molecule has 0 aromatic heterocycles. The van der Waals surface area contributed by atoms with Gasteiger partial charge in [0.15, 0.2) is 0 Å². The Kier molecular flexibility index (Phi) is 6.84. The molecule has 0 aliphatic heterocycles. The lowest BCUT2D eigenvalue weighted by atomic mass is 10.1. The van der Waals surface area contributed by atoms with Crippen molar-refractivity contribution < 1.29 is 14.5 Å². The maximum atomic E-state index is 11.4. The molecule has 6 nitrogen and oxygen atoms in total. The van der Waals surface area contributed by atoms with Gasteiger partial charge in [0.25, 0.3) is 5.69 Å². The highest BCUT2D eigenvalue weighted by atomic mass is 35.5. The highest BCUT2D eigenvalue weighted by Crippen LogP contribution is 2.31. The molecule has 0 saturated carbocycles. The Morgan fingerprint density at radius 3 is 2.52 bits per heavy atom. The molecule has 0 fully saturated rings. The molecule has 0 heterocycles. The van der Waals surface area contributed by atoms with E-state index in [2.05, 4.69) is 5.32 Å². The van der Waals surface area contributed by atoms with Crippen LogP contribution < -0.4 is 5.32 Å². The third-order valence-corrected chi connectivity index (χ3v) is 3.27. The van der Waals surface area contributed by atoms with Gasteiger partial charge in [0, 0.05) is 12.6 Å².